The highest BCUT2D eigenvalue weighted by molar-refractivity contribution is 4.78. The molecule has 1 rings (SSSR count). The summed E-state index contributed by atoms with van der Waals surface area (Å²) in [4.78, 5) is 0. The van der Waals surface area contributed by atoms with Gasteiger partial charge in [-0.15, -0.1) is 0 Å². The Bertz CT molecular complexity index is 152. The molecule has 0 aromatic rings. The van der Waals surface area contributed by atoms with E-state index in [0.29, 0.717) is 0 Å². The average Bonchev–Trinajstić information content (AvgIpc) is 2.20. The molecule has 1 fully saturated rings. The predicted octanol–water partition coefficient (Wildman–Crippen LogP) is 2.30. The summed E-state index contributed by atoms with van der Waals surface area (Å²) in [5.74, 6) is 1.67. The van der Waals surface area contributed by atoms with Gasteiger partial charge in [0.25, 0.3) is 0 Å². The highest BCUT2D eigenvalue weighted by atomic mass is 16.3. The Morgan fingerprint density at radius 2 is 1.86 bits per heavy atom. The van der Waals surface area contributed by atoms with Gasteiger partial charge < -0.3 is 10.8 Å². The van der Waals surface area contributed by atoms with E-state index in [9.17, 15) is 5.11 Å². The largest absolute Gasteiger partial charge is 0.392 e. The third kappa shape index (κ3) is 3.58. The fourth-order valence-electron chi connectivity index (χ4n) is 2.41. The lowest BCUT2D eigenvalue weighted by Gasteiger charge is -2.29. The van der Waals surface area contributed by atoms with Crippen LogP contribution in [0.1, 0.15) is 52.4 Å². The minimum absolute atomic E-state index is 0.00148. The van der Waals surface area contributed by atoms with E-state index in [1.165, 1.54) is 25.7 Å². The summed E-state index contributed by atoms with van der Waals surface area (Å²) >= 11 is 0. The summed E-state index contributed by atoms with van der Waals surface area (Å²) in [6, 6.07) is -0.00148. The summed E-state index contributed by atoms with van der Waals surface area (Å²) < 4.78 is 0. The maximum absolute atomic E-state index is 9.58. The molecule has 0 saturated heterocycles. The van der Waals surface area contributed by atoms with Crippen molar-refractivity contribution in [1.29, 1.82) is 0 Å². The Morgan fingerprint density at radius 3 is 2.36 bits per heavy atom. The molecule has 84 valence electrons. The van der Waals surface area contributed by atoms with E-state index in [4.69, 9.17) is 5.73 Å². The SMILES string of the molecule is CCC(O)C(N)CC1CCC(C)CC1. The van der Waals surface area contributed by atoms with Crippen LogP contribution in [0.4, 0.5) is 0 Å². The van der Waals surface area contributed by atoms with Crippen molar-refractivity contribution in [2.24, 2.45) is 17.6 Å². The van der Waals surface area contributed by atoms with Crippen LogP contribution < -0.4 is 5.73 Å². The second-order valence-electron chi connectivity index (χ2n) is 5.00. The van der Waals surface area contributed by atoms with Crippen molar-refractivity contribution in [3.05, 3.63) is 0 Å². The third-order valence-electron chi connectivity index (χ3n) is 3.65. The van der Waals surface area contributed by atoms with Gasteiger partial charge in [-0.25, -0.2) is 0 Å². The second kappa shape index (κ2) is 5.72. The predicted molar refractivity (Wildman–Crippen MR) is 60.0 cm³/mol. The Balaban J connectivity index is 2.23. The third-order valence-corrected chi connectivity index (χ3v) is 3.65. The molecular weight excluding hydrogens is 174 g/mol. The molecule has 1 saturated carbocycles. The lowest BCUT2D eigenvalue weighted by molar-refractivity contribution is 0.120. The van der Waals surface area contributed by atoms with Gasteiger partial charge in [-0.3, -0.25) is 0 Å². The molecule has 1 aliphatic rings. The Labute approximate surface area is 87.9 Å². The molecule has 0 aliphatic heterocycles. The number of aliphatic hydroxyl groups excluding tert-OH is 1. The quantitative estimate of drug-likeness (QED) is 0.730. The van der Waals surface area contributed by atoms with E-state index in [2.05, 4.69) is 6.92 Å². The zero-order valence-corrected chi connectivity index (χ0v) is 9.58. The van der Waals surface area contributed by atoms with E-state index >= 15 is 0 Å². The summed E-state index contributed by atoms with van der Waals surface area (Å²) in [6.07, 6.45) is 6.82. The molecular formula is C12H25NO. The maximum atomic E-state index is 9.58. The van der Waals surface area contributed by atoms with Crippen molar-refractivity contribution < 1.29 is 5.11 Å². The fourth-order valence-corrected chi connectivity index (χ4v) is 2.41. The van der Waals surface area contributed by atoms with Gasteiger partial charge >= 0.3 is 0 Å². The van der Waals surface area contributed by atoms with Crippen LogP contribution in [0.5, 0.6) is 0 Å². The van der Waals surface area contributed by atoms with Crippen molar-refractivity contribution in [3.63, 3.8) is 0 Å². The van der Waals surface area contributed by atoms with E-state index in [0.717, 1.165) is 24.7 Å². The smallest absolute Gasteiger partial charge is 0.0688 e. The van der Waals surface area contributed by atoms with E-state index in [1.54, 1.807) is 0 Å². The number of nitrogens with two attached hydrogens (primary N) is 1. The molecule has 2 unspecified atom stereocenters. The molecule has 0 aromatic carbocycles. The minimum Gasteiger partial charge on any atom is -0.392 e. The molecule has 2 atom stereocenters. The maximum Gasteiger partial charge on any atom is 0.0688 e. The first-order chi connectivity index (χ1) is 6.63. The number of rotatable bonds is 4. The van der Waals surface area contributed by atoms with Crippen molar-refractivity contribution in [1.82, 2.24) is 0 Å². The Morgan fingerprint density at radius 1 is 1.29 bits per heavy atom. The topological polar surface area (TPSA) is 46.2 Å². The first-order valence-corrected chi connectivity index (χ1v) is 6.07. The van der Waals surface area contributed by atoms with Crippen LogP contribution in [-0.2, 0) is 0 Å². The number of hydrogen-bond donors (Lipinski definition) is 2. The Hall–Kier alpha value is -0.0800. The standard InChI is InChI=1S/C12H25NO/c1-3-12(14)11(13)8-10-6-4-9(2)5-7-10/h9-12,14H,3-8,13H2,1-2H3. The molecule has 0 aromatic heterocycles. The summed E-state index contributed by atoms with van der Waals surface area (Å²) in [6.45, 7) is 4.32. The van der Waals surface area contributed by atoms with Gasteiger partial charge in [0.2, 0.25) is 0 Å². The zero-order chi connectivity index (χ0) is 10.6. The fraction of sp³-hybridized carbons (Fsp3) is 1.00. The first kappa shape index (κ1) is 12.0. The van der Waals surface area contributed by atoms with Gasteiger partial charge in [0.1, 0.15) is 0 Å². The van der Waals surface area contributed by atoms with Gasteiger partial charge in [-0.1, -0.05) is 39.5 Å². The van der Waals surface area contributed by atoms with Crippen molar-refractivity contribution in [2.45, 2.75) is 64.5 Å². The molecule has 0 amide bonds. The normalized spacial score (nSPS) is 32.6. The molecule has 0 radical (unpaired) electrons. The molecule has 0 bridgehead atoms. The lowest BCUT2D eigenvalue weighted by atomic mass is 9.79. The van der Waals surface area contributed by atoms with E-state index in [-0.39, 0.29) is 12.1 Å². The van der Waals surface area contributed by atoms with E-state index in [1.807, 2.05) is 6.92 Å². The Kier molecular flexibility index (Phi) is 4.90. The van der Waals surface area contributed by atoms with Crippen LogP contribution in [0.25, 0.3) is 0 Å². The highest BCUT2D eigenvalue weighted by Gasteiger charge is 2.22. The number of hydrogen-bond acceptors (Lipinski definition) is 2. The van der Waals surface area contributed by atoms with Crippen LogP contribution in [0.15, 0.2) is 0 Å². The summed E-state index contributed by atoms with van der Waals surface area (Å²) in [5.41, 5.74) is 5.94. The van der Waals surface area contributed by atoms with Crippen LogP contribution in [-0.4, -0.2) is 17.3 Å². The molecule has 14 heavy (non-hydrogen) atoms. The monoisotopic (exact) mass is 199 g/mol. The molecule has 3 N–H and O–H groups in total. The van der Waals surface area contributed by atoms with Gasteiger partial charge in [0.05, 0.1) is 6.10 Å². The number of aliphatic hydroxyl groups is 1. The molecule has 0 heterocycles. The van der Waals surface area contributed by atoms with Crippen LogP contribution in [0, 0.1) is 11.8 Å². The second-order valence-corrected chi connectivity index (χ2v) is 5.00. The van der Waals surface area contributed by atoms with Crippen LogP contribution in [0.3, 0.4) is 0 Å². The van der Waals surface area contributed by atoms with Gasteiger partial charge in [-0.2, -0.15) is 0 Å². The van der Waals surface area contributed by atoms with E-state index < -0.39 is 0 Å². The molecule has 1 aliphatic carbocycles. The zero-order valence-electron chi connectivity index (χ0n) is 9.58. The van der Waals surface area contributed by atoms with Crippen LogP contribution >= 0.6 is 0 Å². The van der Waals surface area contributed by atoms with Crippen molar-refractivity contribution in [2.75, 3.05) is 0 Å². The van der Waals surface area contributed by atoms with Crippen molar-refractivity contribution in [3.8, 4) is 0 Å². The highest BCUT2D eigenvalue weighted by Crippen LogP contribution is 2.31. The van der Waals surface area contributed by atoms with Crippen molar-refractivity contribution >= 4 is 0 Å². The van der Waals surface area contributed by atoms with Crippen LogP contribution in [0.2, 0.25) is 0 Å². The molecule has 0 spiro atoms. The summed E-state index contributed by atoms with van der Waals surface area (Å²) in [7, 11) is 0. The lowest BCUT2D eigenvalue weighted by Crippen LogP contribution is -2.36. The molecule has 2 nitrogen and oxygen atoms in total. The summed E-state index contributed by atoms with van der Waals surface area (Å²) in [5, 5.41) is 9.58. The van der Waals surface area contributed by atoms with Gasteiger partial charge in [0.15, 0.2) is 0 Å². The average molecular weight is 199 g/mol. The molecule has 2 heteroatoms. The first-order valence-electron chi connectivity index (χ1n) is 6.07. The van der Waals surface area contributed by atoms with Gasteiger partial charge in [-0.05, 0) is 24.7 Å². The van der Waals surface area contributed by atoms with Gasteiger partial charge in [0, 0.05) is 6.04 Å². The minimum atomic E-state index is -0.297.